The Balaban J connectivity index is 2.00. The lowest BCUT2D eigenvalue weighted by atomic mass is 9.80. The second kappa shape index (κ2) is 6.17. The zero-order valence-electron chi connectivity index (χ0n) is 11.7. The largest absolute Gasteiger partial charge is 0.295 e. The standard InChI is InChI=1S/C17H24O/c1-3-4-5-6-14-7-8-17-12-15(13(2)18)9-10-16(17)11-14/h9-10,12,14H,3-8,11H2,1-2H3. The molecule has 0 saturated heterocycles. The van der Waals surface area contributed by atoms with Gasteiger partial charge in [0.1, 0.15) is 0 Å². The first-order chi connectivity index (χ1) is 8.70. The zero-order valence-corrected chi connectivity index (χ0v) is 11.7. The van der Waals surface area contributed by atoms with Gasteiger partial charge in [-0.05, 0) is 49.3 Å². The highest BCUT2D eigenvalue weighted by molar-refractivity contribution is 5.94. The van der Waals surface area contributed by atoms with E-state index < -0.39 is 0 Å². The number of ketones is 1. The van der Waals surface area contributed by atoms with E-state index >= 15 is 0 Å². The van der Waals surface area contributed by atoms with Gasteiger partial charge in [-0.3, -0.25) is 4.79 Å². The van der Waals surface area contributed by atoms with Gasteiger partial charge in [0.2, 0.25) is 0 Å². The molecule has 0 N–H and O–H groups in total. The molecule has 1 aliphatic carbocycles. The van der Waals surface area contributed by atoms with Crippen LogP contribution in [0.4, 0.5) is 0 Å². The maximum Gasteiger partial charge on any atom is 0.159 e. The first-order valence-corrected chi connectivity index (χ1v) is 7.33. The third-order valence-corrected chi connectivity index (χ3v) is 4.16. The van der Waals surface area contributed by atoms with Crippen molar-refractivity contribution in [2.45, 2.75) is 58.8 Å². The smallest absolute Gasteiger partial charge is 0.159 e. The van der Waals surface area contributed by atoms with Crippen molar-refractivity contribution >= 4 is 5.78 Å². The molecular formula is C17H24O. The molecule has 0 fully saturated rings. The molecule has 1 aliphatic rings. The Hall–Kier alpha value is -1.11. The summed E-state index contributed by atoms with van der Waals surface area (Å²) < 4.78 is 0. The summed E-state index contributed by atoms with van der Waals surface area (Å²) in [4.78, 5) is 11.4. The Labute approximate surface area is 111 Å². The van der Waals surface area contributed by atoms with Crippen molar-refractivity contribution in [3.63, 3.8) is 0 Å². The minimum Gasteiger partial charge on any atom is -0.295 e. The van der Waals surface area contributed by atoms with Crippen LogP contribution in [0.5, 0.6) is 0 Å². The van der Waals surface area contributed by atoms with E-state index in [2.05, 4.69) is 19.1 Å². The van der Waals surface area contributed by atoms with E-state index in [-0.39, 0.29) is 5.78 Å². The number of carbonyl (C=O) groups is 1. The van der Waals surface area contributed by atoms with E-state index in [0.717, 1.165) is 17.9 Å². The molecule has 18 heavy (non-hydrogen) atoms. The van der Waals surface area contributed by atoms with Crippen molar-refractivity contribution in [3.8, 4) is 0 Å². The molecule has 0 heterocycles. The van der Waals surface area contributed by atoms with E-state index in [0.29, 0.717) is 0 Å². The van der Waals surface area contributed by atoms with Crippen molar-refractivity contribution in [1.82, 2.24) is 0 Å². The molecule has 0 aliphatic heterocycles. The molecular weight excluding hydrogens is 220 g/mol. The van der Waals surface area contributed by atoms with Gasteiger partial charge in [-0.2, -0.15) is 0 Å². The number of fused-ring (bicyclic) bond motifs is 1. The van der Waals surface area contributed by atoms with Gasteiger partial charge in [0, 0.05) is 5.56 Å². The second-order valence-electron chi connectivity index (χ2n) is 5.64. The lowest BCUT2D eigenvalue weighted by molar-refractivity contribution is 0.101. The Bertz CT molecular complexity index is 420. The maximum atomic E-state index is 11.4. The third-order valence-electron chi connectivity index (χ3n) is 4.16. The fourth-order valence-electron chi connectivity index (χ4n) is 2.98. The van der Waals surface area contributed by atoms with Gasteiger partial charge in [0.05, 0.1) is 0 Å². The normalized spacial score (nSPS) is 18.4. The molecule has 1 atom stereocenters. The predicted molar refractivity (Wildman–Crippen MR) is 76.1 cm³/mol. The topological polar surface area (TPSA) is 17.1 Å². The highest BCUT2D eigenvalue weighted by atomic mass is 16.1. The predicted octanol–water partition coefficient (Wildman–Crippen LogP) is 4.57. The van der Waals surface area contributed by atoms with Gasteiger partial charge in [-0.15, -0.1) is 0 Å². The number of unbranched alkanes of at least 4 members (excludes halogenated alkanes) is 2. The number of aryl methyl sites for hydroxylation is 1. The van der Waals surface area contributed by atoms with Crippen LogP contribution in [0, 0.1) is 5.92 Å². The van der Waals surface area contributed by atoms with E-state index in [1.807, 2.05) is 6.07 Å². The van der Waals surface area contributed by atoms with Crippen LogP contribution in [0.25, 0.3) is 0 Å². The Morgan fingerprint density at radius 3 is 2.83 bits per heavy atom. The highest BCUT2D eigenvalue weighted by Crippen LogP contribution is 2.29. The lowest BCUT2D eigenvalue weighted by Crippen LogP contribution is -2.15. The summed E-state index contributed by atoms with van der Waals surface area (Å²) in [7, 11) is 0. The molecule has 0 spiro atoms. The Kier molecular flexibility index (Phi) is 4.57. The molecule has 1 aromatic carbocycles. The second-order valence-corrected chi connectivity index (χ2v) is 5.64. The Morgan fingerprint density at radius 1 is 1.28 bits per heavy atom. The molecule has 0 bridgehead atoms. The number of hydrogen-bond donors (Lipinski definition) is 0. The average Bonchev–Trinajstić information content (AvgIpc) is 2.38. The van der Waals surface area contributed by atoms with Gasteiger partial charge in [-0.1, -0.05) is 44.7 Å². The number of rotatable bonds is 5. The van der Waals surface area contributed by atoms with E-state index in [1.165, 1.54) is 49.7 Å². The minimum absolute atomic E-state index is 0.183. The summed E-state index contributed by atoms with van der Waals surface area (Å²) in [6.45, 7) is 3.91. The van der Waals surface area contributed by atoms with E-state index in [9.17, 15) is 4.79 Å². The number of hydrogen-bond acceptors (Lipinski definition) is 1. The monoisotopic (exact) mass is 244 g/mol. The van der Waals surface area contributed by atoms with Crippen molar-refractivity contribution in [2.75, 3.05) is 0 Å². The quantitative estimate of drug-likeness (QED) is 0.547. The number of Topliss-reactive ketones (excluding diaryl/α,β-unsaturated/α-hetero) is 1. The van der Waals surface area contributed by atoms with Crippen LogP contribution in [0.2, 0.25) is 0 Å². The zero-order chi connectivity index (χ0) is 13.0. The highest BCUT2D eigenvalue weighted by Gasteiger charge is 2.18. The molecule has 0 radical (unpaired) electrons. The molecule has 1 aromatic rings. The summed E-state index contributed by atoms with van der Waals surface area (Å²) >= 11 is 0. The molecule has 98 valence electrons. The van der Waals surface area contributed by atoms with Crippen molar-refractivity contribution < 1.29 is 4.79 Å². The summed E-state index contributed by atoms with van der Waals surface area (Å²) in [5.74, 6) is 1.05. The number of carbonyl (C=O) groups excluding carboxylic acids is 1. The van der Waals surface area contributed by atoms with Crippen LogP contribution < -0.4 is 0 Å². The molecule has 1 heteroatoms. The van der Waals surface area contributed by atoms with Crippen molar-refractivity contribution in [1.29, 1.82) is 0 Å². The van der Waals surface area contributed by atoms with Gasteiger partial charge in [0.25, 0.3) is 0 Å². The average molecular weight is 244 g/mol. The molecule has 0 saturated carbocycles. The summed E-state index contributed by atoms with van der Waals surface area (Å²) in [6, 6.07) is 6.29. The summed E-state index contributed by atoms with van der Waals surface area (Å²) in [6.07, 6.45) is 9.12. The first-order valence-electron chi connectivity index (χ1n) is 7.33. The van der Waals surface area contributed by atoms with Gasteiger partial charge < -0.3 is 0 Å². The third kappa shape index (κ3) is 3.22. The van der Waals surface area contributed by atoms with Crippen LogP contribution in [-0.2, 0) is 12.8 Å². The minimum atomic E-state index is 0.183. The van der Waals surface area contributed by atoms with E-state index in [1.54, 1.807) is 6.92 Å². The van der Waals surface area contributed by atoms with Crippen LogP contribution in [-0.4, -0.2) is 5.78 Å². The molecule has 1 nitrogen and oxygen atoms in total. The SMILES string of the molecule is CCCCCC1CCc2cc(C(C)=O)ccc2C1. The van der Waals surface area contributed by atoms with Crippen LogP contribution in [0.15, 0.2) is 18.2 Å². The van der Waals surface area contributed by atoms with Crippen molar-refractivity contribution in [2.24, 2.45) is 5.92 Å². The van der Waals surface area contributed by atoms with Crippen LogP contribution in [0.3, 0.4) is 0 Å². The molecule has 1 unspecified atom stereocenters. The van der Waals surface area contributed by atoms with Gasteiger partial charge >= 0.3 is 0 Å². The van der Waals surface area contributed by atoms with E-state index in [4.69, 9.17) is 0 Å². The Morgan fingerprint density at radius 2 is 2.11 bits per heavy atom. The van der Waals surface area contributed by atoms with Crippen molar-refractivity contribution in [3.05, 3.63) is 34.9 Å². The summed E-state index contributed by atoms with van der Waals surface area (Å²) in [5, 5.41) is 0. The van der Waals surface area contributed by atoms with Crippen LogP contribution in [0.1, 0.15) is 67.4 Å². The maximum absolute atomic E-state index is 11.4. The lowest BCUT2D eigenvalue weighted by Gasteiger charge is -2.25. The molecule has 0 aromatic heterocycles. The van der Waals surface area contributed by atoms with Gasteiger partial charge in [-0.25, -0.2) is 0 Å². The fraction of sp³-hybridized carbons (Fsp3) is 0.588. The number of benzene rings is 1. The molecule has 0 amide bonds. The first kappa shape index (κ1) is 13.3. The summed E-state index contributed by atoms with van der Waals surface area (Å²) in [5.41, 5.74) is 3.76. The fourth-order valence-corrected chi connectivity index (χ4v) is 2.98. The van der Waals surface area contributed by atoms with Gasteiger partial charge in [0.15, 0.2) is 5.78 Å². The van der Waals surface area contributed by atoms with Crippen LogP contribution >= 0.6 is 0 Å². The molecule has 2 rings (SSSR count).